The molecule has 0 atom stereocenters. The molecule has 3 aromatic rings. The molecule has 9 nitrogen and oxygen atoms in total. The Labute approximate surface area is 267 Å². The first-order valence-electron chi connectivity index (χ1n) is 15.4. The van der Waals surface area contributed by atoms with Crippen LogP contribution in [0.15, 0.2) is 48.7 Å². The number of amides is 2. The first kappa shape index (κ1) is 33.6. The van der Waals surface area contributed by atoms with Crippen molar-refractivity contribution in [3.05, 3.63) is 76.6 Å². The molecule has 1 aromatic heterocycles. The van der Waals surface area contributed by atoms with Crippen LogP contribution in [0.4, 0.5) is 5.69 Å². The molecule has 1 saturated heterocycles. The standard InChI is InChI=1S/C36H46N6O3/c1-24-30(19-29(21-38-24)40-34(44)31-18-28(35(2,3)4)17-27(20-37)32(31)45-8)25-9-11-26(12-10-25)33(43)39-22-36(5,6)23-42-15-13-41(7)14-16-42/h9-12,17-19,21H,13-16,22-23H2,1-8H3,(H,39,43)(H,40,44). The quantitative estimate of drug-likeness (QED) is 0.330. The normalized spacial score (nSPS) is 14.5. The van der Waals surface area contributed by atoms with Gasteiger partial charge in [-0.1, -0.05) is 46.8 Å². The zero-order chi connectivity index (χ0) is 32.9. The van der Waals surface area contributed by atoms with Crippen LogP contribution in [-0.4, -0.2) is 80.0 Å². The summed E-state index contributed by atoms with van der Waals surface area (Å²) < 4.78 is 5.47. The van der Waals surface area contributed by atoms with E-state index in [1.807, 2.05) is 58.0 Å². The van der Waals surface area contributed by atoms with Gasteiger partial charge < -0.3 is 25.2 Å². The topological polar surface area (TPSA) is 111 Å². The number of pyridine rings is 1. The fraction of sp³-hybridized carbons (Fsp3) is 0.444. The fourth-order valence-electron chi connectivity index (χ4n) is 5.52. The van der Waals surface area contributed by atoms with Crippen molar-refractivity contribution in [3.63, 3.8) is 0 Å². The molecule has 0 saturated carbocycles. The van der Waals surface area contributed by atoms with Gasteiger partial charge in [0.25, 0.3) is 11.8 Å². The number of likely N-dealkylation sites (N-methyl/N-ethyl adjacent to an activating group) is 1. The summed E-state index contributed by atoms with van der Waals surface area (Å²) in [5.74, 6) is -0.263. The monoisotopic (exact) mass is 610 g/mol. The van der Waals surface area contributed by atoms with Crippen LogP contribution < -0.4 is 15.4 Å². The van der Waals surface area contributed by atoms with Crippen molar-refractivity contribution in [1.29, 1.82) is 5.26 Å². The zero-order valence-electron chi connectivity index (χ0n) is 27.9. The second kappa shape index (κ2) is 13.8. The summed E-state index contributed by atoms with van der Waals surface area (Å²) in [7, 11) is 3.60. The van der Waals surface area contributed by atoms with Gasteiger partial charge in [0.1, 0.15) is 11.8 Å². The minimum Gasteiger partial charge on any atom is -0.495 e. The van der Waals surface area contributed by atoms with Gasteiger partial charge in [-0.15, -0.1) is 0 Å². The van der Waals surface area contributed by atoms with Crippen molar-refractivity contribution in [1.82, 2.24) is 20.1 Å². The number of rotatable bonds is 9. The second-order valence-corrected chi connectivity index (χ2v) is 13.8. The number of carbonyl (C=O) groups is 2. The molecule has 2 aromatic carbocycles. The predicted molar refractivity (Wildman–Crippen MR) is 179 cm³/mol. The van der Waals surface area contributed by atoms with Crippen LogP contribution in [0.5, 0.6) is 5.75 Å². The van der Waals surface area contributed by atoms with E-state index in [-0.39, 0.29) is 28.1 Å². The van der Waals surface area contributed by atoms with Crippen molar-refractivity contribution >= 4 is 17.5 Å². The molecule has 0 radical (unpaired) electrons. The summed E-state index contributed by atoms with van der Waals surface area (Å²) in [5, 5.41) is 15.8. The Morgan fingerprint density at radius 1 is 1.00 bits per heavy atom. The van der Waals surface area contributed by atoms with Crippen LogP contribution in [0, 0.1) is 23.7 Å². The van der Waals surface area contributed by atoms with E-state index >= 15 is 0 Å². The number of aromatic nitrogens is 1. The Kier molecular flexibility index (Phi) is 10.3. The molecule has 4 rings (SSSR count). The zero-order valence-corrected chi connectivity index (χ0v) is 27.9. The van der Waals surface area contributed by atoms with Gasteiger partial charge in [-0.05, 0) is 66.3 Å². The molecule has 1 aliphatic heterocycles. The molecule has 2 heterocycles. The first-order chi connectivity index (χ1) is 21.2. The number of nitrogens with zero attached hydrogens (tertiary/aromatic N) is 4. The molecule has 45 heavy (non-hydrogen) atoms. The molecular weight excluding hydrogens is 564 g/mol. The SMILES string of the molecule is COc1c(C#N)cc(C(C)(C)C)cc1C(=O)Nc1cnc(C)c(-c2ccc(C(=O)NCC(C)(C)CN3CCN(C)CC3)cc2)c1. The summed E-state index contributed by atoms with van der Waals surface area (Å²) in [6.45, 7) is 18.1. The number of carbonyl (C=O) groups excluding carboxylic acids is 2. The lowest BCUT2D eigenvalue weighted by atomic mass is 9.84. The number of aryl methyl sites for hydroxylation is 1. The Morgan fingerprint density at radius 2 is 1.67 bits per heavy atom. The van der Waals surface area contributed by atoms with Crippen molar-refractivity contribution in [3.8, 4) is 22.9 Å². The Morgan fingerprint density at radius 3 is 2.27 bits per heavy atom. The van der Waals surface area contributed by atoms with Crippen LogP contribution >= 0.6 is 0 Å². The summed E-state index contributed by atoms with van der Waals surface area (Å²) in [4.78, 5) is 35.8. The van der Waals surface area contributed by atoms with Crippen LogP contribution in [0.1, 0.15) is 72.2 Å². The Hall–Kier alpha value is -4.26. The van der Waals surface area contributed by atoms with Crippen LogP contribution in [0.2, 0.25) is 0 Å². The van der Waals surface area contributed by atoms with Gasteiger partial charge in [0.15, 0.2) is 0 Å². The highest BCUT2D eigenvalue weighted by atomic mass is 16.5. The second-order valence-electron chi connectivity index (χ2n) is 13.8. The average Bonchev–Trinajstić information content (AvgIpc) is 3.00. The number of hydrogen-bond acceptors (Lipinski definition) is 7. The summed E-state index contributed by atoms with van der Waals surface area (Å²) in [6.07, 6.45) is 1.60. The van der Waals surface area contributed by atoms with Crippen LogP contribution in [0.3, 0.4) is 0 Å². The lowest BCUT2D eigenvalue weighted by molar-refractivity contribution is 0.0885. The maximum atomic E-state index is 13.5. The largest absolute Gasteiger partial charge is 0.495 e. The van der Waals surface area contributed by atoms with Gasteiger partial charge >= 0.3 is 0 Å². The van der Waals surface area contributed by atoms with Crippen molar-refractivity contribution in [2.45, 2.75) is 47.0 Å². The molecule has 238 valence electrons. The number of hydrogen-bond donors (Lipinski definition) is 2. The molecule has 2 N–H and O–H groups in total. The molecule has 0 unspecified atom stereocenters. The van der Waals surface area contributed by atoms with E-state index < -0.39 is 5.91 Å². The first-order valence-corrected chi connectivity index (χ1v) is 15.4. The minimum atomic E-state index is -0.395. The lowest BCUT2D eigenvalue weighted by Gasteiger charge is -2.37. The molecule has 2 amide bonds. The van der Waals surface area contributed by atoms with E-state index in [0.717, 1.165) is 55.1 Å². The van der Waals surface area contributed by atoms with Gasteiger partial charge in [-0.25, -0.2) is 0 Å². The third kappa shape index (κ3) is 8.47. The Bertz CT molecular complexity index is 1580. The number of nitriles is 1. The summed E-state index contributed by atoms with van der Waals surface area (Å²) in [5.41, 5.74) is 4.72. The highest BCUT2D eigenvalue weighted by Gasteiger charge is 2.26. The number of piperazine rings is 1. The van der Waals surface area contributed by atoms with Crippen molar-refractivity contribution < 1.29 is 14.3 Å². The smallest absolute Gasteiger partial charge is 0.259 e. The minimum absolute atomic E-state index is 0.0482. The summed E-state index contributed by atoms with van der Waals surface area (Å²) >= 11 is 0. The number of ether oxygens (including phenoxy) is 1. The number of methoxy groups -OCH3 is 1. The predicted octanol–water partition coefficient (Wildman–Crippen LogP) is 5.49. The van der Waals surface area contributed by atoms with Gasteiger partial charge in [0, 0.05) is 56.1 Å². The van der Waals surface area contributed by atoms with Crippen molar-refractivity contribution in [2.75, 3.05) is 58.7 Å². The molecule has 0 aliphatic carbocycles. The van der Waals surface area contributed by atoms with E-state index in [2.05, 4.69) is 52.4 Å². The van der Waals surface area contributed by atoms with Gasteiger partial charge in [-0.2, -0.15) is 5.26 Å². The van der Waals surface area contributed by atoms with E-state index in [4.69, 9.17) is 4.74 Å². The third-order valence-electron chi connectivity index (χ3n) is 8.30. The van der Waals surface area contributed by atoms with Gasteiger partial charge in [-0.3, -0.25) is 14.6 Å². The van der Waals surface area contributed by atoms with Gasteiger partial charge in [0.05, 0.1) is 30.1 Å². The van der Waals surface area contributed by atoms with E-state index in [0.29, 0.717) is 23.4 Å². The van der Waals surface area contributed by atoms with Gasteiger partial charge in [0.2, 0.25) is 0 Å². The maximum Gasteiger partial charge on any atom is 0.259 e. The van der Waals surface area contributed by atoms with Crippen molar-refractivity contribution in [2.24, 2.45) is 5.41 Å². The molecule has 1 fully saturated rings. The highest BCUT2D eigenvalue weighted by molar-refractivity contribution is 6.07. The molecule has 1 aliphatic rings. The maximum absolute atomic E-state index is 13.5. The molecule has 9 heteroatoms. The lowest BCUT2D eigenvalue weighted by Crippen LogP contribution is -2.49. The van der Waals surface area contributed by atoms with E-state index in [9.17, 15) is 14.9 Å². The molecule has 0 bridgehead atoms. The highest BCUT2D eigenvalue weighted by Crippen LogP contribution is 2.33. The molecule has 0 spiro atoms. The fourth-order valence-corrected chi connectivity index (χ4v) is 5.52. The number of nitrogens with one attached hydrogen (secondary N) is 2. The number of benzene rings is 2. The van der Waals surface area contributed by atoms with E-state index in [1.165, 1.54) is 7.11 Å². The van der Waals surface area contributed by atoms with E-state index in [1.54, 1.807) is 18.3 Å². The van der Waals surface area contributed by atoms with Crippen LogP contribution in [-0.2, 0) is 5.41 Å². The average molecular weight is 611 g/mol. The summed E-state index contributed by atoms with van der Waals surface area (Å²) in [6, 6.07) is 15.0. The Balaban J connectivity index is 1.46. The van der Waals surface area contributed by atoms with Crippen LogP contribution in [0.25, 0.3) is 11.1 Å². The number of anilines is 1. The third-order valence-corrected chi connectivity index (χ3v) is 8.30. The molecular formula is C36H46N6O3.